The van der Waals surface area contributed by atoms with Crippen molar-refractivity contribution < 1.29 is 23.8 Å². The van der Waals surface area contributed by atoms with Gasteiger partial charge in [-0.2, -0.15) is 0 Å². The number of hydrogen-bond donors (Lipinski definition) is 3. The summed E-state index contributed by atoms with van der Waals surface area (Å²) in [6, 6.07) is 11.4. The van der Waals surface area contributed by atoms with Crippen LogP contribution < -0.4 is 26.3 Å². The van der Waals surface area contributed by atoms with Crippen LogP contribution in [-0.4, -0.2) is 37.2 Å². The van der Waals surface area contributed by atoms with E-state index in [-0.39, 0.29) is 12.5 Å². The van der Waals surface area contributed by atoms with Gasteiger partial charge in [-0.25, -0.2) is 0 Å². The van der Waals surface area contributed by atoms with E-state index < -0.39 is 17.6 Å². The van der Waals surface area contributed by atoms with E-state index in [9.17, 15) is 9.59 Å². The lowest BCUT2D eigenvalue weighted by molar-refractivity contribution is -0.156. The average molecular weight is 430 g/mol. The van der Waals surface area contributed by atoms with Crippen LogP contribution in [0.1, 0.15) is 43.1 Å². The molecule has 31 heavy (non-hydrogen) atoms. The van der Waals surface area contributed by atoms with Crippen molar-refractivity contribution in [2.24, 2.45) is 5.73 Å². The minimum Gasteiger partial charge on any atom is -0.495 e. The fourth-order valence-corrected chi connectivity index (χ4v) is 2.64. The Morgan fingerprint density at radius 3 is 2.39 bits per heavy atom. The summed E-state index contributed by atoms with van der Waals surface area (Å²) in [5, 5.41) is 2.85. The molecular weight excluding hydrogens is 398 g/mol. The third kappa shape index (κ3) is 7.82. The summed E-state index contributed by atoms with van der Waals surface area (Å²) in [5.41, 5.74) is 12.9. The Morgan fingerprint density at radius 1 is 1.10 bits per heavy atom. The highest BCUT2D eigenvalue weighted by molar-refractivity contribution is 5.95. The lowest BCUT2D eigenvalue weighted by atomic mass is 10.1. The topological polar surface area (TPSA) is 126 Å². The Balaban J connectivity index is 1.79. The molecule has 0 saturated carbocycles. The van der Waals surface area contributed by atoms with Crippen LogP contribution in [-0.2, 0) is 16.1 Å². The van der Waals surface area contributed by atoms with Gasteiger partial charge in [0.15, 0.2) is 0 Å². The van der Waals surface area contributed by atoms with Crippen LogP contribution in [0.3, 0.4) is 0 Å². The van der Waals surface area contributed by atoms with Crippen LogP contribution >= 0.6 is 0 Å². The number of hydrogen-bond acceptors (Lipinski definition) is 7. The van der Waals surface area contributed by atoms with Gasteiger partial charge >= 0.3 is 5.97 Å². The van der Waals surface area contributed by atoms with Crippen molar-refractivity contribution in [3.05, 3.63) is 53.6 Å². The van der Waals surface area contributed by atoms with E-state index in [2.05, 4.69) is 5.32 Å². The van der Waals surface area contributed by atoms with Crippen LogP contribution in [0, 0.1) is 0 Å². The predicted molar refractivity (Wildman–Crippen MR) is 119 cm³/mol. The van der Waals surface area contributed by atoms with E-state index in [0.29, 0.717) is 35.7 Å². The number of carbonyl (C=O) groups is 2. The molecule has 8 nitrogen and oxygen atoms in total. The quantitative estimate of drug-likeness (QED) is 0.413. The molecule has 2 aromatic carbocycles. The smallest absolute Gasteiger partial charge is 0.323 e. The van der Waals surface area contributed by atoms with Crippen molar-refractivity contribution in [2.45, 2.75) is 45.4 Å². The second-order valence-electron chi connectivity index (χ2n) is 8.06. The van der Waals surface area contributed by atoms with Crippen molar-refractivity contribution in [1.29, 1.82) is 0 Å². The molecule has 1 atom stereocenters. The largest absolute Gasteiger partial charge is 0.495 e. The minimum absolute atomic E-state index is 0.227. The lowest BCUT2D eigenvalue weighted by Crippen LogP contribution is -2.38. The molecule has 1 amide bonds. The maximum Gasteiger partial charge on any atom is 0.323 e. The fraction of sp³-hybridized carbons (Fsp3) is 0.391. The SMILES string of the molecule is COc1cc(C(=O)NCc2ccc(OCC[C@H](N)C(=O)OC(C)(C)C)cc2)ccc1N. The Hall–Kier alpha value is -3.26. The summed E-state index contributed by atoms with van der Waals surface area (Å²) in [4.78, 5) is 24.2. The van der Waals surface area contributed by atoms with E-state index in [0.717, 1.165) is 5.56 Å². The number of rotatable bonds is 9. The Kier molecular flexibility index (Phi) is 8.27. The van der Waals surface area contributed by atoms with E-state index in [1.165, 1.54) is 7.11 Å². The van der Waals surface area contributed by atoms with Gasteiger partial charge in [-0.1, -0.05) is 12.1 Å². The molecule has 0 bridgehead atoms. The number of nitrogens with two attached hydrogens (primary N) is 2. The molecule has 0 heterocycles. The summed E-state index contributed by atoms with van der Waals surface area (Å²) < 4.78 is 16.0. The monoisotopic (exact) mass is 429 g/mol. The van der Waals surface area contributed by atoms with Crippen molar-refractivity contribution in [3.63, 3.8) is 0 Å². The van der Waals surface area contributed by atoms with Gasteiger partial charge in [0.2, 0.25) is 0 Å². The van der Waals surface area contributed by atoms with E-state index in [1.54, 1.807) is 51.1 Å². The average Bonchev–Trinajstić information content (AvgIpc) is 2.72. The Labute approximate surface area is 182 Å². The van der Waals surface area contributed by atoms with Crippen LogP contribution in [0.4, 0.5) is 5.69 Å². The number of nitrogens with one attached hydrogen (secondary N) is 1. The zero-order valence-electron chi connectivity index (χ0n) is 18.4. The molecule has 2 aromatic rings. The molecule has 8 heteroatoms. The zero-order valence-corrected chi connectivity index (χ0v) is 18.4. The van der Waals surface area contributed by atoms with Gasteiger partial charge in [0.05, 0.1) is 19.4 Å². The number of nitrogen functional groups attached to an aromatic ring is 1. The molecule has 0 spiro atoms. The maximum absolute atomic E-state index is 12.3. The van der Waals surface area contributed by atoms with Gasteiger partial charge in [-0.05, 0) is 56.7 Å². The maximum atomic E-state index is 12.3. The molecule has 0 unspecified atom stereocenters. The first kappa shape index (κ1) is 24.0. The summed E-state index contributed by atoms with van der Waals surface area (Å²) in [6.45, 7) is 6.03. The van der Waals surface area contributed by atoms with Crippen LogP contribution in [0.25, 0.3) is 0 Å². The molecule has 5 N–H and O–H groups in total. The molecule has 2 rings (SSSR count). The number of esters is 1. The van der Waals surface area contributed by atoms with Crippen molar-refractivity contribution in [3.8, 4) is 11.5 Å². The van der Waals surface area contributed by atoms with Crippen LogP contribution in [0.5, 0.6) is 11.5 Å². The number of amides is 1. The number of benzene rings is 2. The molecular formula is C23H31N3O5. The van der Waals surface area contributed by atoms with E-state index >= 15 is 0 Å². The highest BCUT2D eigenvalue weighted by Gasteiger charge is 2.22. The Morgan fingerprint density at radius 2 is 1.77 bits per heavy atom. The standard InChI is InChI=1S/C23H31N3O5/c1-23(2,3)31-22(28)19(25)11-12-30-17-8-5-15(6-9-17)14-26-21(27)16-7-10-18(24)20(13-16)29-4/h5-10,13,19H,11-12,14,24-25H2,1-4H3,(H,26,27)/t19-/m0/s1. The first-order valence-electron chi connectivity index (χ1n) is 10.0. The van der Waals surface area contributed by atoms with E-state index in [4.69, 9.17) is 25.7 Å². The normalized spacial score (nSPS) is 12.0. The molecule has 0 radical (unpaired) electrons. The fourth-order valence-electron chi connectivity index (χ4n) is 2.64. The van der Waals surface area contributed by atoms with Crippen molar-refractivity contribution in [1.82, 2.24) is 5.32 Å². The molecule has 0 fully saturated rings. The van der Waals surface area contributed by atoms with Gasteiger partial charge in [0.25, 0.3) is 5.91 Å². The van der Waals surface area contributed by atoms with Crippen molar-refractivity contribution >= 4 is 17.6 Å². The summed E-state index contributed by atoms with van der Waals surface area (Å²) in [6.07, 6.45) is 0.345. The summed E-state index contributed by atoms with van der Waals surface area (Å²) in [5.74, 6) is 0.436. The number of anilines is 1. The van der Waals surface area contributed by atoms with Crippen molar-refractivity contribution in [2.75, 3.05) is 19.5 Å². The second-order valence-corrected chi connectivity index (χ2v) is 8.06. The zero-order chi connectivity index (χ0) is 23.0. The second kappa shape index (κ2) is 10.7. The summed E-state index contributed by atoms with van der Waals surface area (Å²) >= 11 is 0. The van der Waals surface area contributed by atoms with Gasteiger partial charge in [-0.3, -0.25) is 9.59 Å². The first-order chi connectivity index (χ1) is 14.6. The lowest BCUT2D eigenvalue weighted by Gasteiger charge is -2.22. The predicted octanol–water partition coefficient (Wildman–Crippen LogP) is 2.65. The highest BCUT2D eigenvalue weighted by atomic mass is 16.6. The number of carbonyl (C=O) groups excluding carboxylic acids is 2. The first-order valence-corrected chi connectivity index (χ1v) is 10.0. The molecule has 0 aliphatic rings. The van der Waals surface area contributed by atoms with Crippen LogP contribution in [0.15, 0.2) is 42.5 Å². The third-order valence-corrected chi connectivity index (χ3v) is 4.28. The number of ether oxygens (including phenoxy) is 3. The van der Waals surface area contributed by atoms with Crippen LogP contribution in [0.2, 0.25) is 0 Å². The third-order valence-electron chi connectivity index (χ3n) is 4.28. The molecule has 0 aromatic heterocycles. The molecule has 0 aliphatic carbocycles. The molecule has 0 saturated heterocycles. The van der Waals surface area contributed by atoms with Gasteiger partial charge in [0.1, 0.15) is 23.1 Å². The Bertz CT molecular complexity index is 891. The van der Waals surface area contributed by atoms with Gasteiger partial charge in [0, 0.05) is 18.5 Å². The van der Waals surface area contributed by atoms with Gasteiger partial charge in [-0.15, -0.1) is 0 Å². The summed E-state index contributed by atoms with van der Waals surface area (Å²) in [7, 11) is 1.50. The molecule has 168 valence electrons. The van der Waals surface area contributed by atoms with Gasteiger partial charge < -0.3 is 31.0 Å². The minimum atomic E-state index is -0.735. The number of methoxy groups -OCH3 is 1. The highest BCUT2D eigenvalue weighted by Crippen LogP contribution is 2.22. The molecule has 0 aliphatic heterocycles. The van der Waals surface area contributed by atoms with E-state index in [1.807, 2.05) is 12.1 Å².